The number of ether oxygens (including phenoxy) is 1. The van der Waals surface area contributed by atoms with Gasteiger partial charge in [0.1, 0.15) is 0 Å². The summed E-state index contributed by atoms with van der Waals surface area (Å²) < 4.78 is 6.83. The van der Waals surface area contributed by atoms with Crippen LogP contribution < -0.4 is 5.32 Å². The number of hydrogen-bond donors (Lipinski definition) is 1. The van der Waals surface area contributed by atoms with Crippen molar-refractivity contribution in [2.45, 2.75) is 38.5 Å². The molecule has 0 atom stereocenters. The standard InChI is InChI=1S/C13H18INO/c1-2-16-13-7-12(8-13)15-9-10-3-5-11(14)6-4-10/h3-6,12-13,15H,2,7-9H2,1H3. The molecule has 0 spiro atoms. The summed E-state index contributed by atoms with van der Waals surface area (Å²) in [6, 6.07) is 9.33. The van der Waals surface area contributed by atoms with E-state index in [0.717, 1.165) is 26.0 Å². The van der Waals surface area contributed by atoms with Crippen LogP contribution in [0.1, 0.15) is 25.3 Å². The minimum absolute atomic E-state index is 0.499. The monoisotopic (exact) mass is 331 g/mol. The first-order valence-electron chi connectivity index (χ1n) is 5.87. The maximum absolute atomic E-state index is 5.53. The Labute approximate surface area is 111 Å². The van der Waals surface area contributed by atoms with E-state index in [1.807, 2.05) is 0 Å². The highest BCUT2D eigenvalue weighted by atomic mass is 127. The van der Waals surface area contributed by atoms with Gasteiger partial charge in [0, 0.05) is 22.8 Å². The molecule has 0 aliphatic heterocycles. The van der Waals surface area contributed by atoms with Gasteiger partial charge in [0.2, 0.25) is 0 Å². The van der Waals surface area contributed by atoms with E-state index < -0.39 is 0 Å². The van der Waals surface area contributed by atoms with Crippen molar-refractivity contribution < 1.29 is 4.74 Å². The van der Waals surface area contributed by atoms with Crippen LogP contribution in [-0.4, -0.2) is 18.8 Å². The molecule has 0 bridgehead atoms. The summed E-state index contributed by atoms with van der Waals surface area (Å²) >= 11 is 2.33. The Bertz CT molecular complexity index is 319. The van der Waals surface area contributed by atoms with E-state index in [0.29, 0.717) is 12.1 Å². The second kappa shape index (κ2) is 5.98. The number of rotatable bonds is 5. The quantitative estimate of drug-likeness (QED) is 0.838. The molecule has 0 saturated heterocycles. The average Bonchev–Trinajstić information content (AvgIpc) is 2.24. The second-order valence-electron chi connectivity index (χ2n) is 4.25. The summed E-state index contributed by atoms with van der Waals surface area (Å²) in [6.07, 6.45) is 2.83. The van der Waals surface area contributed by atoms with Gasteiger partial charge in [0.05, 0.1) is 6.10 Å². The van der Waals surface area contributed by atoms with E-state index in [1.54, 1.807) is 0 Å². The Morgan fingerprint density at radius 1 is 1.31 bits per heavy atom. The van der Waals surface area contributed by atoms with Gasteiger partial charge in [-0.3, -0.25) is 0 Å². The van der Waals surface area contributed by atoms with Crippen molar-refractivity contribution in [2.75, 3.05) is 6.61 Å². The smallest absolute Gasteiger partial charge is 0.0604 e. The zero-order valence-corrected chi connectivity index (χ0v) is 11.7. The molecule has 1 aromatic carbocycles. The van der Waals surface area contributed by atoms with Crippen LogP contribution in [0.2, 0.25) is 0 Å². The van der Waals surface area contributed by atoms with Gasteiger partial charge in [0.25, 0.3) is 0 Å². The predicted molar refractivity (Wildman–Crippen MR) is 74.4 cm³/mol. The Balaban J connectivity index is 1.67. The van der Waals surface area contributed by atoms with Gasteiger partial charge < -0.3 is 10.1 Å². The van der Waals surface area contributed by atoms with Crippen LogP contribution in [0.25, 0.3) is 0 Å². The molecule has 1 aliphatic carbocycles. The van der Waals surface area contributed by atoms with E-state index in [4.69, 9.17) is 4.74 Å². The van der Waals surface area contributed by atoms with Gasteiger partial charge in [0.15, 0.2) is 0 Å². The van der Waals surface area contributed by atoms with E-state index in [-0.39, 0.29) is 0 Å². The third kappa shape index (κ3) is 3.43. The van der Waals surface area contributed by atoms with Gasteiger partial charge >= 0.3 is 0 Å². The van der Waals surface area contributed by atoms with Gasteiger partial charge in [-0.25, -0.2) is 0 Å². The molecule has 1 aliphatic rings. The SMILES string of the molecule is CCOC1CC(NCc2ccc(I)cc2)C1. The molecule has 0 amide bonds. The number of benzene rings is 1. The Morgan fingerprint density at radius 2 is 2.00 bits per heavy atom. The molecule has 2 rings (SSSR count). The van der Waals surface area contributed by atoms with Gasteiger partial charge in [-0.15, -0.1) is 0 Å². The topological polar surface area (TPSA) is 21.3 Å². The summed E-state index contributed by atoms with van der Waals surface area (Å²) in [5.74, 6) is 0. The lowest BCUT2D eigenvalue weighted by molar-refractivity contribution is -0.0102. The van der Waals surface area contributed by atoms with E-state index in [9.17, 15) is 0 Å². The fraction of sp³-hybridized carbons (Fsp3) is 0.538. The molecule has 1 fully saturated rings. The molecule has 0 aromatic heterocycles. The van der Waals surface area contributed by atoms with Crippen molar-refractivity contribution in [3.63, 3.8) is 0 Å². The molecule has 1 aromatic rings. The highest BCUT2D eigenvalue weighted by Gasteiger charge is 2.28. The molecule has 0 radical (unpaired) electrons. The van der Waals surface area contributed by atoms with Crippen molar-refractivity contribution in [2.24, 2.45) is 0 Å². The average molecular weight is 331 g/mol. The van der Waals surface area contributed by atoms with Crippen molar-refractivity contribution in [3.05, 3.63) is 33.4 Å². The lowest BCUT2D eigenvalue weighted by Gasteiger charge is -2.35. The molecule has 0 unspecified atom stereocenters. The molecule has 3 heteroatoms. The normalized spacial score (nSPS) is 24.1. The zero-order valence-electron chi connectivity index (χ0n) is 9.58. The molecule has 0 heterocycles. The molecule has 16 heavy (non-hydrogen) atoms. The highest BCUT2D eigenvalue weighted by Crippen LogP contribution is 2.23. The minimum atomic E-state index is 0.499. The maximum atomic E-state index is 5.53. The van der Waals surface area contributed by atoms with Crippen LogP contribution in [0.15, 0.2) is 24.3 Å². The zero-order chi connectivity index (χ0) is 11.4. The Hall–Kier alpha value is -0.130. The van der Waals surface area contributed by atoms with Crippen LogP contribution in [0.3, 0.4) is 0 Å². The Morgan fingerprint density at radius 3 is 2.62 bits per heavy atom. The predicted octanol–water partition coefficient (Wildman–Crippen LogP) is 2.95. The third-order valence-electron chi connectivity index (χ3n) is 3.01. The summed E-state index contributed by atoms with van der Waals surface area (Å²) in [5.41, 5.74) is 1.36. The molecular weight excluding hydrogens is 313 g/mol. The van der Waals surface area contributed by atoms with Crippen LogP contribution >= 0.6 is 22.6 Å². The number of hydrogen-bond acceptors (Lipinski definition) is 2. The van der Waals surface area contributed by atoms with E-state index >= 15 is 0 Å². The van der Waals surface area contributed by atoms with Crippen molar-refractivity contribution >= 4 is 22.6 Å². The van der Waals surface area contributed by atoms with E-state index in [2.05, 4.69) is 59.1 Å². The van der Waals surface area contributed by atoms with Crippen molar-refractivity contribution in [1.82, 2.24) is 5.32 Å². The Kier molecular flexibility index (Phi) is 4.61. The lowest BCUT2D eigenvalue weighted by Crippen LogP contribution is -2.45. The minimum Gasteiger partial charge on any atom is -0.378 e. The lowest BCUT2D eigenvalue weighted by atomic mass is 9.89. The summed E-state index contributed by atoms with van der Waals surface area (Å²) in [7, 11) is 0. The summed E-state index contributed by atoms with van der Waals surface area (Å²) in [6.45, 7) is 3.88. The largest absolute Gasteiger partial charge is 0.378 e. The fourth-order valence-corrected chi connectivity index (χ4v) is 2.33. The van der Waals surface area contributed by atoms with Crippen LogP contribution in [0, 0.1) is 3.57 Å². The van der Waals surface area contributed by atoms with Gasteiger partial charge in [-0.1, -0.05) is 12.1 Å². The molecule has 2 nitrogen and oxygen atoms in total. The first kappa shape index (κ1) is 12.3. The number of nitrogens with one attached hydrogen (secondary N) is 1. The van der Waals surface area contributed by atoms with Gasteiger partial charge in [-0.05, 0) is 60.1 Å². The number of halogens is 1. The summed E-state index contributed by atoms with van der Waals surface area (Å²) in [4.78, 5) is 0. The maximum Gasteiger partial charge on any atom is 0.0604 e. The van der Waals surface area contributed by atoms with Gasteiger partial charge in [-0.2, -0.15) is 0 Å². The molecule has 1 N–H and O–H groups in total. The molecular formula is C13H18INO. The van der Waals surface area contributed by atoms with Crippen LogP contribution in [-0.2, 0) is 11.3 Å². The molecule has 88 valence electrons. The third-order valence-corrected chi connectivity index (χ3v) is 3.72. The molecule has 1 saturated carbocycles. The van der Waals surface area contributed by atoms with Crippen LogP contribution in [0.5, 0.6) is 0 Å². The summed E-state index contributed by atoms with van der Waals surface area (Å²) in [5, 5.41) is 3.56. The van der Waals surface area contributed by atoms with E-state index in [1.165, 1.54) is 9.13 Å². The highest BCUT2D eigenvalue weighted by molar-refractivity contribution is 14.1. The van der Waals surface area contributed by atoms with Crippen molar-refractivity contribution in [1.29, 1.82) is 0 Å². The first-order chi connectivity index (χ1) is 7.78. The fourth-order valence-electron chi connectivity index (χ4n) is 1.97. The van der Waals surface area contributed by atoms with Crippen molar-refractivity contribution in [3.8, 4) is 0 Å². The first-order valence-corrected chi connectivity index (χ1v) is 6.95. The van der Waals surface area contributed by atoms with Crippen LogP contribution in [0.4, 0.5) is 0 Å². The second-order valence-corrected chi connectivity index (χ2v) is 5.50.